The summed E-state index contributed by atoms with van der Waals surface area (Å²) in [6.07, 6.45) is 0.684. The molecule has 0 bridgehead atoms. The van der Waals surface area contributed by atoms with E-state index in [-0.39, 0.29) is 11.7 Å². The summed E-state index contributed by atoms with van der Waals surface area (Å²) in [4.78, 5) is 12.1. The predicted octanol–water partition coefficient (Wildman–Crippen LogP) is 4.05. The number of alkyl halides is 1. The number of carbonyl (C=O) groups is 1. The zero-order chi connectivity index (χ0) is 14.0. The standard InChI is InChI=1S/C15H15IO3/c1-3-15(2,16)14(18)19-13-9-11(17)8-10-6-4-5-7-12(10)13/h4-9,17H,3H2,1-2H3. The molecule has 0 radical (unpaired) electrons. The third kappa shape index (κ3) is 3.00. The average molecular weight is 370 g/mol. The van der Waals surface area contributed by atoms with E-state index in [0.29, 0.717) is 12.2 Å². The number of aromatic hydroxyl groups is 1. The van der Waals surface area contributed by atoms with Gasteiger partial charge in [-0.25, -0.2) is 0 Å². The number of fused-ring (bicyclic) bond motifs is 1. The molecule has 0 aliphatic carbocycles. The number of esters is 1. The number of benzene rings is 2. The van der Waals surface area contributed by atoms with Crippen LogP contribution < -0.4 is 4.74 Å². The predicted molar refractivity (Wildman–Crippen MR) is 84.0 cm³/mol. The molecule has 1 atom stereocenters. The molecule has 0 amide bonds. The maximum atomic E-state index is 12.1. The lowest BCUT2D eigenvalue weighted by molar-refractivity contribution is -0.136. The summed E-state index contributed by atoms with van der Waals surface area (Å²) in [5.74, 6) is 0.191. The molecule has 0 aromatic heterocycles. The van der Waals surface area contributed by atoms with E-state index in [1.165, 1.54) is 6.07 Å². The third-order valence-electron chi connectivity index (χ3n) is 3.10. The van der Waals surface area contributed by atoms with Crippen LogP contribution in [0.3, 0.4) is 0 Å². The first kappa shape index (κ1) is 14.1. The molecule has 3 nitrogen and oxygen atoms in total. The lowest BCUT2D eigenvalue weighted by Crippen LogP contribution is -2.31. The highest BCUT2D eigenvalue weighted by atomic mass is 127. The van der Waals surface area contributed by atoms with Crippen LogP contribution in [0.2, 0.25) is 0 Å². The Balaban J connectivity index is 2.43. The first-order valence-electron chi connectivity index (χ1n) is 6.07. The molecule has 1 N–H and O–H groups in total. The van der Waals surface area contributed by atoms with Crippen LogP contribution in [0, 0.1) is 0 Å². The highest BCUT2D eigenvalue weighted by molar-refractivity contribution is 14.1. The van der Waals surface area contributed by atoms with Gasteiger partial charge in [-0.3, -0.25) is 4.79 Å². The van der Waals surface area contributed by atoms with Crippen molar-refractivity contribution in [3.63, 3.8) is 0 Å². The lowest BCUT2D eigenvalue weighted by Gasteiger charge is -2.19. The topological polar surface area (TPSA) is 46.5 Å². The molecule has 2 rings (SSSR count). The number of hydrogen-bond donors (Lipinski definition) is 1. The van der Waals surface area contributed by atoms with Crippen molar-refractivity contribution in [2.45, 2.75) is 23.7 Å². The quantitative estimate of drug-likeness (QED) is 0.384. The first-order chi connectivity index (χ1) is 8.94. The minimum absolute atomic E-state index is 0.0909. The van der Waals surface area contributed by atoms with Gasteiger partial charge in [0.05, 0.1) is 0 Å². The van der Waals surface area contributed by atoms with Gasteiger partial charge < -0.3 is 9.84 Å². The molecular weight excluding hydrogens is 355 g/mol. The van der Waals surface area contributed by atoms with Gasteiger partial charge in [-0.1, -0.05) is 53.8 Å². The minimum Gasteiger partial charge on any atom is -0.508 e. The van der Waals surface area contributed by atoms with E-state index in [2.05, 4.69) is 22.6 Å². The summed E-state index contributed by atoms with van der Waals surface area (Å²) in [5, 5.41) is 11.4. The molecule has 0 aliphatic rings. The Morgan fingerprint density at radius 3 is 2.74 bits per heavy atom. The van der Waals surface area contributed by atoms with Crippen LogP contribution in [0.15, 0.2) is 36.4 Å². The largest absolute Gasteiger partial charge is 0.508 e. The Bertz CT molecular complexity index is 620. The van der Waals surface area contributed by atoms with Gasteiger partial charge >= 0.3 is 5.97 Å². The Morgan fingerprint density at radius 2 is 2.05 bits per heavy atom. The van der Waals surface area contributed by atoms with Crippen molar-refractivity contribution >= 4 is 39.3 Å². The van der Waals surface area contributed by atoms with Crippen molar-refractivity contribution < 1.29 is 14.6 Å². The molecular formula is C15H15IO3. The summed E-state index contributed by atoms with van der Waals surface area (Å²) in [6, 6.07) is 10.6. The second-order valence-corrected chi connectivity index (χ2v) is 6.99. The molecule has 2 aromatic rings. The van der Waals surface area contributed by atoms with Gasteiger partial charge in [0, 0.05) is 11.5 Å². The smallest absolute Gasteiger partial charge is 0.327 e. The maximum absolute atomic E-state index is 12.1. The van der Waals surface area contributed by atoms with Gasteiger partial charge in [-0.2, -0.15) is 0 Å². The van der Waals surface area contributed by atoms with Gasteiger partial charge in [-0.05, 0) is 24.8 Å². The van der Waals surface area contributed by atoms with Gasteiger partial charge in [0.2, 0.25) is 0 Å². The van der Waals surface area contributed by atoms with Crippen LogP contribution in [0.4, 0.5) is 0 Å². The molecule has 19 heavy (non-hydrogen) atoms. The molecule has 0 fully saturated rings. The van der Waals surface area contributed by atoms with Crippen molar-refractivity contribution in [2.24, 2.45) is 0 Å². The van der Waals surface area contributed by atoms with Crippen molar-refractivity contribution in [3.8, 4) is 11.5 Å². The average Bonchev–Trinajstić information content (AvgIpc) is 2.38. The Hall–Kier alpha value is -1.30. The van der Waals surface area contributed by atoms with Crippen LogP contribution in [-0.4, -0.2) is 14.5 Å². The van der Waals surface area contributed by atoms with Crippen molar-refractivity contribution in [1.82, 2.24) is 0 Å². The van der Waals surface area contributed by atoms with Gasteiger partial charge in [0.1, 0.15) is 14.9 Å². The molecule has 0 spiro atoms. The van der Waals surface area contributed by atoms with Crippen LogP contribution in [0.25, 0.3) is 10.8 Å². The van der Waals surface area contributed by atoms with E-state index in [9.17, 15) is 9.90 Å². The summed E-state index contributed by atoms with van der Waals surface area (Å²) in [7, 11) is 0. The van der Waals surface area contributed by atoms with Gasteiger partial charge in [-0.15, -0.1) is 0 Å². The van der Waals surface area contributed by atoms with Crippen LogP contribution in [-0.2, 0) is 4.79 Å². The maximum Gasteiger partial charge on any atom is 0.327 e. The number of halogens is 1. The van der Waals surface area contributed by atoms with E-state index in [1.54, 1.807) is 6.07 Å². The fraction of sp³-hybridized carbons (Fsp3) is 0.267. The summed E-state index contributed by atoms with van der Waals surface area (Å²) in [5.41, 5.74) is 0. The molecule has 0 heterocycles. The molecule has 100 valence electrons. The fourth-order valence-electron chi connectivity index (χ4n) is 1.70. The number of ether oxygens (including phenoxy) is 1. The van der Waals surface area contributed by atoms with E-state index >= 15 is 0 Å². The zero-order valence-corrected chi connectivity index (χ0v) is 13.0. The third-order valence-corrected chi connectivity index (χ3v) is 4.30. The molecule has 0 saturated heterocycles. The minimum atomic E-state index is -0.565. The number of carbonyl (C=O) groups excluding carboxylic acids is 1. The van der Waals surface area contributed by atoms with Crippen LogP contribution in [0.5, 0.6) is 11.5 Å². The lowest BCUT2D eigenvalue weighted by atomic mass is 10.1. The van der Waals surface area contributed by atoms with Crippen molar-refractivity contribution in [1.29, 1.82) is 0 Å². The Labute approximate surface area is 125 Å². The number of phenols is 1. The SMILES string of the molecule is CCC(C)(I)C(=O)Oc1cc(O)cc2ccccc12. The number of rotatable bonds is 3. The van der Waals surface area contributed by atoms with E-state index in [4.69, 9.17) is 4.74 Å². The molecule has 4 heteroatoms. The van der Waals surface area contributed by atoms with Crippen molar-refractivity contribution in [3.05, 3.63) is 36.4 Å². The summed E-state index contributed by atoms with van der Waals surface area (Å²) in [6.45, 7) is 3.77. The normalized spacial score (nSPS) is 14.1. The molecule has 2 aromatic carbocycles. The van der Waals surface area contributed by atoms with Crippen molar-refractivity contribution in [2.75, 3.05) is 0 Å². The highest BCUT2D eigenvalue weighted by Gasteiger charge is 2.30. The Morgan fingerprint density at radius 1 is 1.37 bits per heavy atom. The Kier molecular flexibility index (Phi) is 3.99. The number of phenolic OH excluding ortho intramolecular Hbond substituents is 1. The monoisotopic (exact) mass is 370 g/mol. The summed E-state index contributed by atoms with van der Waals surface area (Å²) < 4.78 is 4.89. The first-order valence-corrected chi connectivity index (χ1v) is 7.15. The van der Waals surface area contributed by atoms with E-state index in [0.717, 1.165) is 10.8 Å². The molecule has 0 saturated carbocycles. The number of hydrogen-bond acceptors (Lipinski definition) is 3. The zero-order valence-electron chi connectivity index (χ0n) is 10.8. The van der Waals surface area contributed by atoms with Gasteiger partial charge in [0.25, 0.3) is 0 Å². The van der Waals surface area contributed by atoms with Crippen LogP contribution >= 0.6 is 22.6 Å². The fourth-order valence-corrected chi connectivity index (χ4v) is 1.81. The highest BCUT2D eigenvalue weighted by Crippen LogP contribution is 2.33. The summed E-state index contributed by atoms with van der Waals surface area (Å²) >= 11 is 2.09. The van der Waals surface area contributed by atoms with Crippen LogP contribution in [0.1, 0.15) is 20.3 Å². The second-order valence-electron chi connectivity index (χ2n) is 4.61. The van der Waals surface area contributed by atoms with E-state index < -0.39 is 3.42 Å². The second kappa shape index (κ2) is 5.36. The molecule has 0 aliphatic heterocycles. The molecule has 1 unspecified atom stereocenters. The van der Waals surface area contributed by atoms with Gasteiger partial charge in [0.15, 0.2) is 0 Å². The van der Waals surface area contributed by atoms with E-state index in [1.807, 2.05) is 38.1 Å².